The van der Waals surface area contributed by atoms with Crippen LogP contribution in [-0.4, -0.2) is 84.6 Å². The molecule has 2 N–H and O–H groups in total. The molecule has 1 saturated heterocycles. The van der Waals surface area contributed by atoms with E-state index in [1.165, 1.54) is 19.3 Å². The second-order valence-corrected chi connectivity index (χ2v) is 8.65. The summed E-state index contributed by atoms with van der Waals surface area (Å²) < 4.78 is 5.17. The molecule has 0 spiro atoms. The van der Waals surface area contributed by atoms with Gasteiger partial charge in [0.1, 0.15) is 0 Å². The van der Waals surface area contributed by atoms with Crippen LogP contribution in [-0.2, 0) is 4.74 Å². The van der Waals surface area contributed by atoms with Gasteiger partial charge in [-0.25, -0.2) is 0 Å². The third-order valence-electron chi connectivity index (χ3n) is 6.33. The summed E-state index contributed by atoms with van der Waals surface area (Å²) in [5.74, 6) is 0.993. The molecule has 3 rings (SSSR count). The third kappa shape index (κ3) is 5.33. The van der Waals surface area contributed by atoms with Crippen LogP contribution in [0.15, 0.2) is 6.20 Å². The standard InChI is InChI=1S/C21H36N4O3/c1-24(8-9-28-2)12-16-10-17(15-26)14-25(13-16)21(27)19-11-22-23-20(19)18-6-4-3-5-7-18/h11,16-18,26H,3-10,12-15H2,1-2H3,(H,22,23)/t16-,17+/m1/s1. The van der Waals surface area contributed by atoms with Crippen LogP contribution in [0.5, 0.6) is 0 Å². The van der Waals surface area contributed by atoms with E-state index < -0.39 is 0 Å². The van der Waals surface area contributed by atoms with Gasteiger partial charge in [-0.15, -0.1) is 0 Å². The Balaban J connectivity index is 1.67. The number of nitrogens with zero attached hydrogens (tertiary/aromatic N) is 3. The fourth-order valence-corrected chi connectivity index (χ4v) is 4.87. The molecular formula is C21H36N4O3. The maximum absolute atomic E-state index is 13.3. The molecule has 158 valence electrons. The summed E-state index contributed by atoms with van der Waals surface area (Å²) in [5.41, 5.74) is 1.75. The lowest BCUT2D eigenvalue weighted by Crippen LogP contribution is -2.48. The van der Waals surface area contributed by atoms with Gasteiger partial charge < -0.3 is 19.6 Å². The molecule has 1 aliphatic carbocycles. The van der Waals surface area contributed by atoms with Crippen molar-refractivity contribution >= 4 is 5.91 Å². The zero-order chi connectivity index (χ0) is 19.9. The molecule has 7 nitrogen and oxygen atoms in total. The number of likely N-dealkylation sites (tertiary alicyclic amines) is 1. The monoisotopic (exact) mass is 392 g/mol. The SMILES string of the molecule is COCCN(C)C[C@H]1C[C@H](CO)CN(C(=O)c2cn[nH]c2C2CCCCC2)C1. The highest BCUT2D eigenvalue weighted by Gasteiger charge is 2.33. The van der Waals surface area contributed by atoms with Crippen molar-refractivity contribution in [1.82, 2.24) is 20.0 Å². The smallest absolute Gasteiger partial charge is 0.257 e. The van der Waals surface area contributed by atoms with Gasteiger partial charge in [0.15, 0.2) is 0 Å². The Morgan fingerprint density at radius 1 is 1.32 bits per heavy atom. The number of carbonyl (C=O) groups is 1. The summed E-state index contributed by atoms with van der Waals surface area (Å²) in [6.45, 7) is 3.98. The highest BCUT2D eigenvalue weighted by molar-refractivity contribution is 5.95. The molecular weight excluding hydrogens is 356 g/mol. The number of hydrogen-bond donors (Lipinski definition) is 2. The minimum Gasteiger partial charge on any atom is -0.396 e. The summed E-state index contributed by atoms with van der Waals surface area (Å²) >= 11 is 0. The van der Waals surface area contributed by atoms with Crippen molar-refractivity contribution in [1.29, 1.82) is 0 Å². The van der Waals surface area contributed by atoms with E-state index in [4.69, 9.17) is 4.74 Å². The predicted octanol–water partition coefficient (Wildman–Crippen LogP) is 2.11. The van der Waals surface area contributed by atoms with Gasteiger partial charge in [0, 0.05) is 45.8 Å². The number of aromatic amines is 1. The molecule has 1 saturated carbocycles. The van der Waals surface area contributed by atoms with Gasteiger partial charge in [0.25, 0.3) is 5.91 Å². The van der Waals surface area contributed by atoms with Crippen LogP contribution in [0.25, 0.3) is 0 Å². The van der Waals surface area contributed by atoms with E-state index in [-0.39, 0.29) is 18.4 Å². The number of rotatable bonds is 8. The van der Waals surface area contributed by atoms with Crippen molar-refractivity contribution in [3.05, 3.63) is 17.5 Å². The Morgan fingerprint density at radius 3 is 2.79 bits per heavy atom. The number of aromatic nitrogens is 2. The maximum atomic E-state index is 13.3. The lowest BCUT2D eigenvalue weighted by atomic mass is 9.85. The number of aliphatic hydroxyl groups excluding tert-OH is 1. The topological polar surface area (TPSA) is 81.7 Å². The summed E-state index contributed by atoms with van der Waals surface area (Å²) in [6.07, 6.45) is 8.67. The van der Waals surface area contributed by atoms with E-state index in [1.807, 2.05) is 4.90 Å². The Morgan fingerprint density at radius 2 is 2.07 bits per heavy atom. The lowest BCUT2D eigenvalue weighted by molar-refractivity contribution is 0.0449. The Bertz CT molecular complexity index is 615. The molecule has 0 unspecified atom stereocenters. The molecule has 1 aromatic heterocycles. The van der Waals surface area contributed by atoms with Crippen molar-refractivity contribution in [3.8, 4) is 0 Å². The molecule has 0 aromatic carbocycles. The van der Waals surface area contributed by atoms with Crippen LogP contribution in [0.2, 0.25) is 0 Å². The highest BCUT2D eigenvalue weighted by atomic mass is 16.5. The molecule has 2 heterocycles. The second kappa shape index (κ2) is 10.4. The van der Waals surface area contributed by atoms with E-state index in [1.54, 1.807) is 13.3 Å². The first-order chi connectivity index (χ1) is 13.6. The molecule has 28 heavy (non-hydrogen) atoms. The van der Waals surface area contributed by atoms with E-state index >= 15 is 0 Å². The molecule has 0 bridgehead atoms. The van der Waals surface area contributed by atoms with Crippen LogP contribution < -0.4 is 0 Å². The van der Waals surface area contributed by atoms with E-state index in [9.17, 15) is 9.90 Å². The minimum absolute atomic E-state index is 0.0667. The summed E-state index contributed by atoms with van der Waals surface area (Å²) in [5, 5.41) is 17.1. The lowest BCUT2D eigenvalue weighted by Gasteiger charge is -2.38. The fourth-order valence-electron chi connectivity index (χ4n) is 4.87. The number of ether oxygens (including phenoxy) is 1. The normalized spacial score (nSPS) is 24.1. The van der Waals surface area contributed by atoms with Crippen molar-refractivity contribution in [3.63, 3.8) is 0 Å². The van der Waals surface area contributed by atoms with Crippen LogP contribution in [0, 0.1) is 11.8 Å². The summed E-state index contributed by atoms with van der Waals surface area (Å²) in [7, 11) is 3.80. The summed E-state index contributed by atoms with van der Waals surface area (Å²) in [6, 6.07) is 0. The molecule has 2 atom stereocenters. The Hall–Kier alpha value is -1.44. The van der Waals surface area contributed by atoms with Gasteiger partial charge in [0.05, 0.1) is 24.1 Å². The number of H-pyrrole nitrogens is 1. The molecule has 2 aliphatic rings. The molecule has 1 amide bonds. The van der Waals surface area contributed by atoms with Gasteiger partial charge in [0.2, 0.25) is 0 Å². The Kier molecular flexibility index (Phi) is 7.88. The van der Waals surface area contributed by atoms with Crippen LogP contribution in [0.1, 0.15) is 60.5 Å². The third-order valence-corrected chi connectivity index (χ3v) is 6.33. The van der Waals surface area contributed by atoms with E-state index in [0.29, 0.717) is 25.0 Å². The number of nitrogens with one attached hydrogen (secondary N) is 1. The number of methoxy groups -OCH3 is 1. The van der Waals surface area contributed by atoms with Crippen LogP contribution in [0.4, 0.5) is 0 Å². The van der Waals surface area contributed by atoms with Crippen molar-refractivity contribution in [2.45, 2.75) is 44.4 Å². The maximum Gasteiger partial charge on any atom is 0.257 e. The van der Waals surface area contributed by atoms with Crippen LogP contribution in [0.3, 0.4) is 0 Å². The van der Waals surface area contributed by atoms with Crippen molar-refractivity contribution < 1.29 is 14.6 Å². The molecule has 1 aliphatic heterocycles. The van der Waals surface area contributed by atoms with Gasteiger partial charge >= 0.3 is 0 Å². The number of piperidine rings is 1. The zero-order valence-electron chi connectivity index (χ0n) is 17.4. The first kappa shape index (κ1) is 21.3. The van der Waals surface area contributed by atoms with Gasteiger partial charge in [-0.2, -0.15) is 5.10 Å². The number of hydrogen-bond acceptors (Lipinski definition) is 5. The van der Waals surface area contributed by atoms with Crippen molar-refractivity contribution in [2.75, 3.05) is 53.6 Å². The average Bonchev–Trinajstić information content (AvgIpc) is 3.22. The highest BCUT2D eigenvalue weighted by Crippen LogP contribution is 2.34. The van der Waals surface area contributed by atoms with E-state index in [2.05, 4.69) is 22.1 Å². The summed E-state index contributed by atoms with van der Waals surface area (Å²) in [4.78, 5) is 17.5. The first-order valence-electron chi connectivity index (χ1n) is 10.7. The van der Waals surface area contributed by atoms with E-state index in [0.717, 1.165) is 50.2 Å². The average molecular weight is 393 g/mol. The van der Waals surface area contributed by atoms with Crippen LogP contribution >= 0.6 is 0 Å². The second-order valence-electron chi connectivity index (χ2n) is 8.65. The predicted molar refractivity (Wildman–Crippen MR) is 108 cm³/mol. The number of aliphatic hydroxyl groups is 1. The quantitative estimate of drug-likeness (QED) is 0.708. The molecule has 1 aromatic rings. The van der Waals surface area contributed by atoms with Crippen molar-refractivity contribution in [2.24, 2.45) is 11.8 Å². The zero-order valence-corrected chi connectivity index (χ0v) is 17.4. The van der Waals surface area contributed by atoms with Gasteiger partial charge in [-0.05, 0) is 38.1 Å². The molecule has 7 heteroatoms. The van der Waals surface area contributed by atoms with Gasteiger partial charge in [-0.1, -0.05) is 19.3 Å². The molecule has 0 radical (unpaired) electrons. The molecule has 2 fully saturated rings. The fraction of sp³-hybridized carbons (Fsp3) is 0.810. The first-order valence-corrected chi connectivity index (χ1v) is 10.7. The number of likely N-dealkylation sites (N-methyl/N-ethyl adjacent to an activating group) is 1. The largest absolute Gasteiger partial charge is 0.396 e. The number of carbonyl (C=O) groups excluding carboxylic acids is 1. The minimum atomic E-state index is 0.0667. The number of amides is 1. The Labute approximate surface area is 168 Å². The van der Waals surface area contributed by atoms with Gasteiger partial charge in [-0.3, -0.25) is 9.89 Å².